The number of nitrogens with zero attached hydrogens (tertiary/aromatic N) is 3. The highest BCUT2D eigenvalue weighted by molar-refractivity contribution is 9.10. The number of amidine groups is 1. The minimum absolute atomic E-state index is 0.0926. The molecule has 2 heterocycles. The van der Waals surface area contributed by atoms with Crippen molar-refractivity contribution in [3.63, 3.8) is 0 Å². The molecule has 8 heteroatoms. The lowest BCUT2D eigenvalue weighted by Gasteiger charge is -2.11. The molecule has 140 valence electrons. The Bertz CT molecular complexity index is 1090. The summed E-state index contributed by atoms with van der Waals surface area (Å²) in [7, 11) is 0. The SMILES string of the molecule is N=C1C(c2nc(-c3ccc(Cl)cc3)cs2)=C(O)CN1/N=C/c1ccc(Br)cc1. The Labute approximate surface area is 179 Å². The minimum atomic E-state index is 0.0926. The number of aliphatic hydroxyl groups excluding tert-OH is 1. The van der Waals surface area contributed by atoms with Gasteiger partial charge in [-0.25, -0.2) is 9.99 Å². The first kappa shape index (κ1) is 18.9. The maximum absolute atomic E-state index is 10.4. The molecule has 2 N–H and O–H groups in total. The molecule has 0 spiro atoms. The molecule has 0 aliphatic carbocycles. The zero-order chi connectivity index (χ0) is 19.7. The van der Waals surface area contributed by atoms with Crippen LogP contribution in [0.5, 0.6) is 0 Å². The fourth-order valence-corrected chi connectivity index (χ4v) is 4.00. The number of hydrogen-bond acceptors (Lipinski definition) is 5. The second-order valence-electron chi connectivity index (χ2n) is 6.07. The summed E-state index contributed by atoms with van der Waals surface area (Å²) in [5.74, 6) is 0.220. The fraction of sp³-hybridized carbons (Fsp3) is 0.0500. The predicted molar refractivity (Wildman–Crippen MR) is 118 cm³/mol. The Morgan fingerprint density at radius 3 is 2.61 bits per heavy atom. The van der Waals surface area contributed by atoms with Crippen molar-refractivity contribution >= 4 is 56.5 Å². The van der Waals surface area contributed by atoms with Crippen molar-refractivity contribution in [1.29, 1.82) is 5.41 Å². The number of aliphatic hydroxyl groups is 1. The average molecular weight is 474 g/mol. The summed E-state index contributed by atoms with van der Waals surface area (Å²) in [6.07, 6.45) is 1.66. The van der Waals surface area contributed by atoms with E-state index < -0.39 is 0 Å². The Morgan fingerprint density at radius 2 is 1.89 bits per heavy atom. The van der Waals surface area contributed by atoms with E-state index in [0.29, 0.717) is 15.6 Å². The summed E-state index contributed by atoms with van der Waals surface area (Å²) in [4.78, 5) is 4.59. The molecule has 3 aromatic rings. The van der Waals surface area contributed by atoms with Gasteiger partial charge in [0, 0.05) is 20.4 Å². The lowest BCUT2D eigenvalue weighted by molar-refractivity contribution is 0.358. The molecule has 0 unspecified atom stereocenters. The third-order valence-corrected chi connectivity index (χ3v) is 5.80. The topological polar surface area (TPSA) is 72.6 Å². The van der Waals surface area contributed by atoms with Gasteiger partial charge in [-0.05, 0) is 29.8 Å². The Kier molecular flexibility index (Phi) is 5.30. The lowest BCUT2D eigenvalue weighted by Crippen LogP contribution is -2.20. The van der Waals surface area contributed by atoms with Gasteiger partial charge in [0.1, 0.15) is 17.3 Å². The maximum atomic E-state index is 10.4. The molecule has 4 rings (SSSR count). The summed E-state index contributed by atoms with van der Waals surface area (Å²) in [5.41, 5.74) is 3.03. The summed E-state index contributed by atoms with van der Waals surface area (Å²) < 4.78 is 0.987. The number of halogens is 2. The third kappa shape index (κ3) is 3.87. The summed E-state index contributed by atoms with van der Waals surface area (Å²) in [6, 6.07) is 15.1. The van der Waals surface area contributed by atoms with Crippen LogP contribution >= 0.6 is 38.9 Å². The Balaban J connectivity index is 1.54. The van der Waals surface area contributed by atoms with Gasteiger partial charge < -0.3 is 5.11 Å². The van der Waals surface area contributed by atoms with E-state index >= 15 is 0 Å². The molecule has 0 atom stereocenters. The van der Waals surface area contributed by atoms with Gasteiger partial charge in [-0.15, -0.1) is 11.3 Å². The number of benzene rings is 2. The van der Waals surface area contributed by atoms with E-state index in [9.17, 15) is 5.11 Å². The first-order valence-electron chi connectivity index (χ1n) is 8.31. The van der Waals surface area contributed by atoms with Gasteiger partial charge in [-0.3, -0.25) is 5.41 Å². The van der Waals surface area contributed by atoms with E-state index in [0.717, 1.165) is 21.3 Å². The quantitative estimate of drug-likeness (QED) is 0.469. The van der Waals surface area contributed by atoms with E-state index in [4.69, 9.17) is 17.0 Å². The standard InChI is InChI=1S/C20H14BrClN4OS/c21-14-5-1-12(2-6-14)9-24-26-10-17(27)18(19(26)23)20-25-16(11-28-20)13-3-7-15(22)8-4-13/h1-9,11,23,27H,10H2/b23-19?,24-9+. The van der Waals surface area contributed by atoms with Gasteiger partial charge in [0.15, 0.2) is 5.84 Å². The van der Waals surface area contributed by atoms with Crippen LogP contribution in [0.1, 0.15) is 10.6 Å². The molecule has 28 heavy (non-hydrogen) atoms. The Morgan fingerprint density at radius 1 is 1.18 bits per heavy atom. The lowest BCUT2D eigenvalue weighted by atomic mass is 10.2. The highest BCUT2D eigenvalue weighted by Gasteiger charge is 2.30. The molecule has 0 saturated heterocycles. The van der Waals surface area contributed by atoms with E-state index in [1.54, 1.807) is 6.21 Å². The molecule has 2 aromatic carbocycles. The summed E-state index contributed by atoms with van der Waals surface area (Å²) >= 11 is 10.7. The van der Waals surface area contributed by atoms with E-state index in [-0.39, 0.29) is 18.1 Å². The Hall–Kier alpha value is -2.48. The summed E-state index contributed by atoms with van der Waals surface area (Å²) in [5, 5.41) is 27.8. The second-order valence-corrected chi connectivity index (χ2v) is 8.28. The van der Waals surface area contributed by atoms with Crippen molar-refractivity contribution in [2.45, 2.75) is 0 Å². The highest BCUT2D eigenvalue weighted by Crippen LogP contribution is 2.32. The van der Waals surface area contributed by atoms with Crippen molar-refractivity contribution < 1.29 is 5.11 Å². The monoisotopic (exact) mass is 472 g/mol. The summed E-state index contributed by atoms with van der Waals surface area (Å²) in [6.45, 7) is 0.150. The zero-order valence-corrected chi connectivity index (χ0v) is 17.6. The third-order valence-electron chi connectivity index (χ3n) is 4.16. The highest BCUT2D eigenvalue weighted by atomic mass is 79.9. The van der Waals surface area contributed by atoms with Gasteiger partial charge >= 0.3 is 0 Å². The van der Waals surface area contributed by atoms with Crippen LogP contribution in [0, 0.1) is 5.41 Å². The van der Waals surface area contributed by atoms with Crippen molar-refractivity contribution in [3.8, 4) is 11.3 Å². The van der Waals surface area contributed by atoms with Gasteiger partial charge in [-0.2, -0.15) is 5.10 Å². The number of hydrogen-bond donors (Lipinski definition) is 2. The van der Waals surface area contributed by atoms with Crippen molar-refractivity contribution in [3.05, 3.63) is 79.7 Å². The van der Waals surface area contributed by atoms with Crippen LogP contribution in [-0.2, 0) is 0 Å². The van der Waals surface area contributed by atoms with E-state index in [1.807, 2.05) is 53.9 Å². The molecular formula is C20H14BrClN4OS. The second kappa shape index (κ2) is 7.87. The first-order chi connectivity index (χ1) is 13.5. The number of rotatable bonds is 4. The maximum Gasteiger partial charge on any atom is 0.155 e. The smallest absolute Gasteiger partial charge is 0.155 e. The number of nitrogens with one attached hydrogen (secondary N) is 1. The average Bonchev–Trinajstić information content (AvgIpc) is 3.26. The van der Waals surface area contributed by atoms with Crippen LogP contribution in [0.3, 0.4) is 0 Å². The molecule has 1 aliphatic rings. The normalized spacial score (nSPS) is 14.5. The van der Waals surface area contributed by atoms with Crippen LogP contribution in [0.4, 0.5) is 0 Å². The van der Waals surface area contributed by atoms with Crippen molar-refractivity contribution in [2.24, 2.45) is 5.10 Å². The van der Waals surface area contributed by atoms with Crippen LogP contribution in [0.15, 0.2) is 69.2 Å². The molecule has 0 amide bonds. The van der Waals surface area contributed by atoms with Gasteiger partial charge in [-0.1, -0.05) is 51.8 Å². The van der Waals surface area contributed by atoms with E-state index in [2.05, 4.69) is 26.0 Å². The zero-order valence-electron chi connectivity index (χ0n) is 14.4. The minimum Gasteiger partial charge on any atom is -0.509 e. The number of aromatic nitrogens is 1. The van der Waals surface area contributed by atoms with Crippen LogP contribution in [-0.4, -0.2) is 33.7 Å². The van der Waals surface area contributed by atoms with Gasteiger partial charge in [0.05, 0.1) is 17.5 Å². The van der Waals surface area contributed by atoms with Crippen LogP contribution in [0.2, 0.25) is 5.02 Å². The molecule has 1 aromatic heterocycles. The van der Waals surface area contributed by atoms with Crippen LogP contribution < -0.4 is 0 Å². The number of thiazole rings is 1. The molecule has 0 fully saturated rings. The largest absolute Gasteiger partial charge is 0.509 e. The molecule has 5 nitrogen and oxygen atoms in total. The molecule has 0 saturated carbocycles. The fourth-order valence-electron chi connectivity index (χ4n) is 2.72. The van der Waals surface area contributed by atoms with Gasteiger partial charge in [0.25, 0.3) is 0 Å². The molecule has 1 aliphatic heterocycles. The number of hydrazone groups is 1. The molecular weight excluding hydrogens is 460 g/mol. The first-order valence-corrected chi connectivity index (χ1v) is 10.4. The van der Waals surface area contributed by atoms with Gasteiger partial charge in [0.2, 0.25) is 0 Å². The molecule has 0 bridgehead atoms. The van der Waals surface area contributed by atoms with E-state index in [1.165, 1.54) is 16.3 Å². The molecule has 0 radical (unpaired) electrons. The predicted octanol–water partition coefficient (Wildman–Crippen LogP) is 5.82. The van der Waals surface area contributed by atoms with Crippen molar-refractivity contribution in [1.82, 2.24) is 9.99 Å². The van der Waals surface area contributed by atoms with Crippen molar-refractivity contribution in [2.75, 3.05) is 6.54 Å². The van der Waals surface area contributed by atoms with Crippen LogP contribution in [0.25, 0.3) is 16.8 Å².